The Hall–Kier alpha value is -1.20. The summed E-state index contributed by atoms with van der Waals surface area (Å²) in [5.74, 6) is 0.959. The SMILES string of the molecule is Cc1nc(Cl)c(C=O)c(NC(C)CCCO)n1. The van der Waals surface area contributed by atoms with Gasteiger partial charge < -0.3 is 10.4 Å². The molecule has 6 heteroatoms. The van der Waals surface area contributed by atoms with Gasteiger partial charge in [-0.3, -0.25) is 4.79 Å². The minimum atomic E-state index is 0.103. The molecule has 0 spiro atoms. The molecule has 0 aliphatic heterocycles. The molecular formula is C11H16ClN3O2. The maximum Gasteiger partial charge on any atom is 0.156 e. The minimum absolute atomic E-state index is 0.103. The van der Waals surface area contributed by atoms with Crippen LogP contribution >= 0.6 is 11.6 Å². The number of carbonyl (C=O) groups excluding carboxylic acids is 1. The van der Waals surface area contributed by atoms with E-state index in [4.69, 9.17) is 16.7 Å². The molecule has 1 atom stereocenters. The molecular weight excluding hydrogens is 242 g/mol. The highest BCUT2D eigenvalue weighted by atomic mass is 35.5. The zero-order chi connectivity index (χ0) is 12.8. The number of hydrogen-bond acceptors (Lipinski definition) is 5. The van der Waals surface area contributed by atoms with Gasteiger partial charge in [-0.2, -0.15) is 0 Å². The van der Waals surface area contributed by atoms with Gasteiger partial charge in [0.1, 0.15) is 16.8 Å². The van der Waals surface area contributed by atoms with Crippen LogP contribution in [-0.4, -0.2) is 34.0 Å². The second kappa shape index (κ2) is 6.51. The summed E-state index contributed by atoms with van der Waals surface area (Å²) in [6.07, 6.45) is 2.13. The number of anilines is 1. The molecule has 2 N–H and O–H groups in total. The summed E-state index contributed by atoms with van der Waals surface area (Å²) in [6.45, 7) is 3.82. The van der Waals surface area contributed by atoms with E-state index < -0.39 is 0 Å². The maximum absolute atomic E-state index is 10.9. The smallest absolute Gasteiger partial charge is 0.156 e. The Kier molecular flexibility index (Phi) is 5.31. The third-order valence-corrected chi connectivity index (χ3v) is 2.60. The van der Waals surface area contributed by atoms with E-state index in [2.05, 4.69) is 15.3 Å². The normalized spacial score (nSPS) is 12.2. The van der Waals surface area contributed by atoms with Gasteiger partial charge in [-0.1, -0.05) is 11.6 Å². The molecule has 1 aromatic rings. The van der Waals surface area contributed by atoms with E-state index in [1.54, 1.807) is 6.92 Å². The molecule has 0 saturated carbocycles. The van der Waals surface area contributed by atoms with Crippen molar-refractivity contribution in [1.82, 2.24) is 9.97 Å². The van der Waals surface area contributed by atoms with Crippen LogP contribution in [0.1, 0.15) is 35.9 Å². The molecule has 0 fully saturated rings. The molecule has 1 rings (SSSR count). The third kappa shape index (κ3) is 3.94. The molecule has 0 radical (unpaired) electrons. The molecule has 1 unspecified atom stereocenters. The quantitative estimate of drug-likeness (QED) is 0.601. The number of nitrogens with zero attached hydrogens (tertiary/aromatic N) is 2. The Morgan fingerprint density at radius 2 is 2.24 bits per heavy atom. The second-order valence-corrected chi connectivity index (χ2v) is 4.21. The predicted octanol–water partition coefficient (Wildman–Crippen LogP) is 1.82. The summed E-state index contributed by atoms with van der Waals surface area (Å²) in [7, 11) is 0. The van der Waals surface area contributed by atoms with Crippen molar-refractivity contribution < 1.29 is 9.90 Å². The van der Waals surface area contributed by atoms with Crippen molar-refractivity contribution in [3.8, 4) is 0 Å². The highest BCUT2D eigenvalue weighted by Crippen LogP contribution is 2.20. The number of aliphatic hydroxyl groups is 1. The van der Waals surface area contributed by atoms with Crippen LogP contribution in [-0.2, 0) is 0 Å². The Bertz CT molecular complexity index is 399. The van der Waals surface area contributed by atoms with E-state index in [1.807, 2.05) is 6.92 Å². The monoisotopic (exact) mass is 257 g/mol. The third-order valence-electron chi connectivity index (χ3n) is 2.31. The summed E-state index contributed by atoms with van der Waals surface area (Å²) < 4.78 is 0. The van der Waals surface area contributed by atoms with Crippen molar-refractivity contribution in [2.75, 3.05) is 11.9 Å². The number of aldehydes is 1. The molecule has 0 aliphatic rings. The van der Waals surface area contributed by atoms with Gasteiger partial charge in [0.25, 0.3) is 0 Å². The zero-order valence-electron chi connectivity index (χ0n) is 9.90. The van der Waals surface area contributed by atoms with Crippen molar-refractivity contribution >= 4 is 23.7 Å². The number of rotatable bonds is 6. The fraction of sp³-hybridized carbons (Fsp3) is 0.545. The predicted molar refractivity (Wildman–Crippen MR) is 66.6 cm³/mol. The highest BCUT2D eigenvalue weighted by molar-refractivity contribution is 6.32. The first kappa shape index (κ1) is 13.9. The highest BCUT2D eigenvalue weighted by Gasteiger charge is 2.12. The first-order chi connectivity index (χ1) is 8.08. The molecule has 1 heterocycles. The minimum Gasteiger partial charge on any atom is -0.396 e. The van der Waals surface area contributed by atoms with Crippen LogP contribution < -0.4 is 5.32 Å². The summed E-state index contributed by atoms with van der Waals surface area (Å²) in [6, 6.07) is 0.103. The van der Waals surface area contributed by atoms with Gasteiger partial charge in [-0.15, -0.1) is 0 Å². The summed E-state index contributed by atoms with van der Waals surface area (Å²) >= 11 is 5.86. The van der Waals surface area contributed by atoms with Crippen LogP contribution in [0.15, 0.2) is 0 Å². The number of carbonyl (C=O) groups is 1. The summed E-state index contributed by atoms with van der Waals surface area (Å²) in [5, 5.41) is 12.0. The molecule has 1 aromatic heterocycles. The van der Waals surface area contributed by atoms with Crippen molar-refractivity contribution in [1.29, 1.82) is 0 Å². The molecule has 0 amide bonds. The lowest BCUT2D eigenvalue weighted by molar-refractivity contribution is 0.112. The molecule has 0 aromatic carbocycles. The molecule has 5 nitrogen and oxygen atoms in total. The molecule has 94 valence electrons. The van der Waals surface area contributed by atoms with E-state index in [-0.39, 0.29) is 23.4 Å². The van der Waals surface area contributed by atoms with E-state index in [0.717, 1.165) is 6.42 Å². The molecule has 0 saturated heterocycles. The molecule has 17 heavy (non-hydrogen) atoms. The van der Waals surface area contributed by atoms with Gasteiger partial charge in [0.05, 0.1) is 5.56 Å². The van der Waals surface area contributed by atoms with Crippen molar-refractivity contribution in [3.05, 3.63) is 16.5 Å². The van der Waals surface area contributed by atoms with Crippen molar-refractivity contribution in [2.24, 2.45) is 0 Å². The largest absolute Gasteiger partial charge is 0.396 e. The average Bonchev–Trinajstić information content (AvgIpc) is 2.25. The number of halogens is 1. The Morgan fingerprint density at radius 3 is 2.82 bits per heavy atom. The first-order valence-electron chi connectivity index (χ1n) is 5.45. The molecule has 0 bridgehead atoms. The van der Waals surface area contributed by atoms with Crippen LogP contribution in [0.4, 0.5) is 5.82 Å². The van der Waals surface area contributed by atoms with Gasteiger partial charge in [-0.25, -0.2) is 9.97 Å². The van der Waals surface area contributed by atoms with Gasteiger partial charge in [-0.05, 0) is 26.7 Å². The van der Waals surface area contributed by atoms with Gasteiger partial charge in [0.15, 0.2) is 6.29 Å². The lowest BCUT2D eigenvalue weighted by atomic mass is 10.2. The van der Waals surface area contributed by atoms with Crippen LogP contribution in [0.25, 0.3) is 0 Å². The van der Waals surface area contributed by atoms with E-state index in [9.17, 15) is 4.79 Å². The summed E-state index contributed by atoms with van der Waals surface area (Å²) in [5.41, 5.74) is 0.271. The second-order valence-electron chi connectivity index (χ2n) is 3.85. The number of nitrogens with one attached hydrogen (secondary N) is 1. The Balaban J connectivity index is 2.85. The van der Waals surface area contributed by atoms with Crippen LogP contribution in [0, 0.1) is 6.92 Å². The Morgan fingerprint density at radius 1 is 1.53 bits per heavy atom. The van der Waals surface area contributed by atoms with E-state index in [0.29, 0.717) is 24.3 Å². The Labute approximate surface area is 105 Å². The number of aliphatic hydroxyl groups excluding tert-OH is 1. The van der Waals surface area contributed by atoms with Crippen LogP contribution in [0.2, 0.25) is 5.15 Å². The van der Waals surface area contributed by atoms with Crippen LogP contribution in [0.3, 0.4) is 0 Å². The maximum atomic E-state index is 10.9. The lowest BCUT2D eigenvalue weighted by Gasteiger charge is -2.15. The standard InChI is InChI=1S/C11H16ClN3O2/c1-7(4-3-5-16)13-11-9(6-17)10(12)14-8(2)15-11/h6-7,16H,3-5H2,1-2H3,(H,13,14,15). The fourth-order valence-electron chi connectivity index (χ4n) is 1.46. The van der Waals surface area contributed by atoms with Crippen molar-refractivity contribution in [3.63, 3.8) is 0 Å². The van der Waals surface area contributed by atoms with Crippen molar-refractivity contribution in [2.45, 2.75) is 32.7 Å². The van der Waals surface area contributed by atoms with Gasteiger partial charge in [0.2, 0.25) is 0 Å². The lowest BCUT2D eigenvalue weighted by Crippen LogP contribution is -2.18. The van der Waals surface area contributed by atoms with E-state index >= 15 is 0 Å². The number of hydrogen-bond donors (Lipinski definition) is 2. The van der Waals surface area contributed by atoms with Crippen LogP contribution in [0.5, 0.6) is 0 Å². The molecule has 0 aliphatic carbocycles. The number of aromatic nitrogens is 2. The van der Waals surface area contributed by atoms with Gasteiger partial charge in [0, 0.05) is 12.6 Å². The summed E-state index contributed by atoms with van der Waals surface area (Å²) in [4.78, 5) is 19.0. The van der Waals surface area contributed by atoms with E-state index in [1.165, 1.54) is 0 Å². The van der Waals surface area contributed by atoms with Gasteiger partial charge >= 0.3 is 0 Å². The number of aryl methyl sites for hydroxylation is 1. The topological polar surface area (TPSA) is 75.1 Å². The first-order valence-corrected chi connectivity index (χ1v) is 5.83. The zero-order valence-corrected chi connectivity index (χ0v) is 10.7. The average molecular weight is 258 g/mol. The fourth-order valence-corrected chi connectivity index (χ4v) is 1.72.